The summed E-state index contributed by atoms with van der Waals surface area (Å²) in [5, 5.41) is 7.21. The molecule has 0 spiro atoms. The van der Waals surface area contributed by atoms with Crippen LogP contribution in [0.2, 0.25) is 5.02 Å². The van der Waals surface area contributed by atoms with Gasteiger partial charge in [-0.05, 0) is 35.4 Å². The van der Waals surface area contributed by atoms with Crippen LogP contribution in [0.3, 0.4) is 0 Å². The number of nitrogens with one attached hydrogen (secondary N) is 1. The summed E-state index contributed by atoms with van der Waals surface area (Å²) < 4.78 is 0. The van der Waals surface area contributed by atoms with Gasteiger partial charge in [-0.25, -0.2) is 0 Å². The number of carbonyl (C=O) groups excluding carboxylic acids is 1. The highest BCUT2D eigenvalue weighted by atomic mass is 35.5. The van der Waals surface area contributed by atoms with Crippen LogP contribution in [0.1, 0.15) is 21.6 Å². The van der Waals surface area contributed by atoms with Crippen LogP contribution in [0.5, 0.6) is 0 Å². The van der Waals surface area contributed by atoms with Gasteiger partial charge in [0, 0.05) is 18.4 Å². The molecule has 0 saturated heterocycles. The molecule has 0 atom stereocenters. The Morgan fingerprint density at radius 2 is 2.41 bits per heavy atom. The van der Waals surface area contributed by atoms with E-state index in [9.17, 15) is 4.79 Å². The molecule has 1 amide bonds. The zero-order valence-electron chi connectivity index (χ0n) is 9.24. The van der Waals surface area contributed by atoms with Gasteiger partial charge in [-0.3, -0.25) is 9.78 Å². The van der Waals surface area contributed by atoms with Crippen molar-refractivity contribution in [3.63, 3.8) is 0 Å². The minimum atomic E-state index is -0.200. The third kappa shape index (κ3) is 3.05. The van der Waals surface area contributed by atoms with E-state index < -0.39 is 0 Å². The quantitative estimate of drug-likeness (QED) is 0.928. The van der Waals surface area contributed by atoms with E-state index in [0.717, 1.165) is 11.3 Å². The first-order chi connectivity index (χ1) is 8.16. The lowest BCUT2D eigenvalue weighted by Crippen LogP contribution is -2.23. The first-order valence-corrected chi connectivity index (χ1v) is 6.40. The lowest BCUT2D eigenvalue weighted by Gasteiger charge is -2.05. The molecule has 0 saturated carbocycles. The molecule has 0 aliphatic rings. The summed E-state index contributed by atoms with van der Waals surface area (Å²) in [6.07, 6.45) is 1.50. The molecule has 2 aromatic heterocycles. The summed E-state index contributed by atoms with van der Waals surface area (Å²) in [5.74, 6) is -0.200. The van der Waals surface area contributed by atoms with Crippen LogP contribution in [0.25, 0.3) is 0 Å². The number of rotatable bonds is 3. The second-order valence-corrected chi connectivity index (χ2v) is 4.81. The number of pyridine rings is 1. The largest absolute Gasteiger partial charge is 0.348 e. The smallest absolute Gasteiger partial charge is 0.254 e. The van der Waals surface area contributed by atoms with Gasteiger partial charge in [-0.1, -0.05) is 11.6 Å². The van der Waals surface area contributed by atoms with Crippen molar-refractivity contribution in [2.75, 3.05) is 0 Å². The molecule has 2 rings (SSSR count). The van der Waals surface area contributed by atoms with Gasteiger partial charge in [0.05, 0.1) is 10.6 Å². The Bertz CT molecular complexity index is 525. The second kappa shape index (κ2) is 5.29. The normalized spacial score (nSPS) is 10.2. The summed E-state index contributed by atoms with van der Waals surface area (Å²) in [6, 6.07) is 3.65. The fourth-order valence-corrected chi connectivity index (χ4v) is 2.33. The van der Waals surface area contributed by atoms with Gasteiger partial charge < -0.3 is 5.32 Å². The number of nitrogens with zero attached hydrogens (tertiary/aromatic N) is 1. The number of aromatic nitrogens is 1. The molecular formula is C12H11ClN2OS. The van der Waals surface area contributed by atoms with Crippen molar-refractivity contribution in [3.05, 3.63) is 50.9 Å². The maximum Gasteiger partial charge on any atom is 0.254 e. The number of aryl methyl sites for hydroxylation is 1. The third-order valence-corrected chi connectivity index (χ3v) is 3.31. The van der Waals surface area contributed by atoms with Gasteiger partial charge in [0.15, 0.2) is 0 Å². The molecule has 0 fully saturated rings. The average Bonchev–Trinajstić information content (AvgIpc) is 2.78. The van der Waals surface area contributed by atoms with Gasteiger partial charge in [0.1, 0.15) is 0 Å². The third-order valence-electron chi connectivity index (χ3n) is 2.27. The van der Waals surface area contributed by atoms with E-state index in [4.69, 9.17) is 11.6 Å². The van der Waals surface area contributed by atoms with Crippen molar-refractivity contribution in [2.24, 2.45) is 0 Å². The van der Waals surface area contributed by atoms with Crippen LogP contribution in [-0.2, 0) is 6.54 Å². The first kappa shape index (κ1) is 12.1. The van der Waals surface area contributed by atoms with E-state index in [1.165, 1.54) is 6.20 Å². The van der Waals surface area contributed by atoms with E-state index in [-0.39, 0.29) is 5.91 Å². The van der Waals surface area contributed by atoms with Crippen LogP contribution in [-0.4, -0.2) is 10.9 Å². The predicted molar refractivity (Wildman–Crippen MR) is 69.5 cm³/mol. The second-order valence-electron chi connectivity index (χ2n) is 3.62. The molecule has 1 N–H and O–H groups in total. The SMILES string of the molecule is Cc1cc(Cl)c(C(=O)NCc2ccsc2)cn1. The molecule has 0 aliphatic carbocycles. The topological polar surface area (TPSA) is 42.0 Å². The minimum Gasteiger partial charge on any atom is -0.348 e. The number of halogens is 1. The van der Waals surface area contributed by atoms with Crippen molar-refractivity contribution >= 4 is 28.8 Å². The van der Waals surface area contributed by atoms with E-state index in [2.05, 4.69) is 10.3 Å². The number of thiophene rings is 1. The molecule has 17 heavy (non-hydrogen) atoms. The average molecular weight is 267 g/mol. The molecule has 2 aromatic rings. The molecule has 0 radical (unpaired) electrons. The number of hydrogen-bond acceptors (Lipinski definition) is 3. The van der Waals surface area contributed by atoms with Crippen molar-refractivity contribution in [1.82, 2.24) is 10.3 Å². The Morgan fingerprint density at radius 1 is 1.59 bits per heavy atom. The zero-order chi connectivity index (χ0) is 12.3. The van der Waals surface area contributed by atoms with Crippen molar-refractivity contribution < 1.29 is 4.79 Å². The molecular weight excluding hydrogens is 256 g/mol. The van der Waals surface area contributed by atoms with Crippen LogP contribution in [0, 0.1) is 6.92 Å². The predicted octanol–water partition coefficient (Wildman–Crippen LogP) is 3.03. The summed E-state index contributed by atoms with van der Waals surface area (Å²) in [4.78, 5) is 15.9. The van der Waals surface area contributed by atoms with Crippen molar-refractivity contribution in [3.8, 4) is 0 Å². The molecule has 2 heterocycles. The standard InChI is InChI=1S/C12H11ClN2OS/c1-8-4-11(13)10(6-14-8)12(16)15-5-9-2-3-17-7-9/h2-4,6-7H,5H2,1H3,(H,15,16). The van der Waals surface area contributed by atoms with Gasteiger partial charge in [-0.2, -0.15) is 11.3 Å². The first-order valence-electron chi connectivity index (χ1n) is 5.08. The fourth-order valence-electron chi connectivity index (χ4n) is 1.36. The van der Waals surface area contributed by atoms with E-state index in [1.807, 2.05) is 23.8 Å². The summed E-state index contributed by atoms with van der Waals surface area (Å²) in [7, 11) is 0. The molecule has 88 valence electrons. The van der Waals surface area contributed by atoms with Gasteiger partial charge >= 0.3 is 0 Å². The summed E-state index contributed by atoms with van der Waals surface area (Å²) in [5.41, 5.74) is 2.29. The molecule has 0 unspecified atom stereocenters. The lowest BCUT2D eigenvalue weighted by molar-refractivity contribution is 0.0950. The molecule has 0 aromatic carbocycles. The number of amides is 1. The summed E-state index contributed by atoms with van der Waals surface area (Å²) in [6.45, 7) is 2.34. The highest BCUT2D eigenvalue weighted by molar-refractivity contribution is 7.07. The Balaban J connectivity index is 2.04. The molecule has 0 bridgehead atoms. The Hall–Kier alpha value is -1.39. The van der Waals surface area contributed by atoms with Crippen molar-refractivity contribution in [1.29, 1.82) is 0 Å². The maximum atomic E-state index is 11.8. The number of carbonyl (C=O) groups is 1. The highest BCUT2D eigenvalue weighted by Crippen LogP contribution is 2.15. The number of hydrogen-bond donors (Lipinski definition) is 1. The Kier molecular flexibility index (Phi) is 3.76. The van der Waals surface area contributed by atoms with Crippen LogP contribution in [0.4, 0.5) is 0 Å². The maximum absolute atomic E-state index is 11.8. The van der Waals surface area contributed by atoms with Gasteiger partial charge in [-0.15, -0.1) is 0 Å². The van der Waals surface area contributed by atoms with Crippen LogP contribution in [0.15, 0.2) is 29.1 Å². The van der Waals surface area contributed by atoms with Crippen LogP contribution < -0.4 is 5.32 Å². The monoisotopic (exact) mass is 266 g/mol. The molecule has 0 aliphatic heterocycles. The Morgan fingerprint density at radius 3 is 3.06 bits per heavy atom. The zero-order valence-corrected chi connectivity index (χ0v) is 10.8. The molecule has 5 heteroatoms. The van der Waals surface area contributed by atoms with Gasteiger partial charge in [0.25, 0.3) is 5.91 Å². The van der Waals surface area contributed by atoms with Crippen molar-refractivity contribution in [2.45, 2.75) is 13.5 Å². The lowest BCUT2D eigenvalue weighted by atomic mass is 10.2. The Labute approximate surface area is 108 Å². The highest BCUT2D eigenvalue weighted by Gasteiger charge is 2.10. The van der Waals surface area contributed by atoms with E-state index in [0.29, 0.717) is 17.1 Å². The minimum absolute atomic E-state index is 0.200. The van der Waals surface area contributed by atoms with E-state index >= 15 is 0 Å². The van der Waals surface area contributed by atoms with Gasteiger partial charge in [0.2, 0.25) is 0 Å². The van der Waals surface area contributed by atoms with E-state index in [1.54, 1.807) is 17.4 Å². The summed E-state index contributed by atoms with van der Waals surface area (Å²) >= 11 is 7.59. The fraction of sp³-hybridized carbons (Fsp3) is 0.167. The van der Waals surface area contributed by atoms with Crippen LogP contribution >= 0.6 is 22.9 Å². The molecule has 3 nitrogen and oxygen atoms in total.